The van der Waals surface area contributed by atoms with Gasteiger partial charge in [0.1, 0.15) is 11.5 Å². The third-order valence-electron chi connectivity index (χ3n) is 4.85. The fraction of sp³-hybridized carbons (Fsp3) is 0.192. The zero-order valence-electron chi connectivity index (χ0n) is 19.3. The highest BCUT2D eigenvalue weighted by molar-refractivity contribution is 9.10. The predicted octanol–water partition coefficient (Wildman–Crippen LogP) is 7.15. The Balaban J connectivity index is 1.34. The van der Waals surface area contributed by atoms with Crippen LogP contribution in [0.1, 0.15) is 24.8 Å². The molecule has 0 atom stereocenters. The van der Waals surface area contributed by atoms with Gasteiger partial charge < -0.3 is 20.1 Å². The molecule has 7 nitrogen and oxygen atoms in total. The Labute approximate surface area is 227 Å². The Bertz CT molecular complexity index is 1250. The molecule has 10 heteroatoms. The van der Waals surface area contributed by atoms with Crippen molar-refractivity contribution >= 4 is 68.3 Å². The molecule has 0 spiro atoms. The lowest BCUT2D eigenvalue weighted by Gasteiger charge is -2.10. The maximum Gasteiger partial charge on any atom is 0.306 e. The number of benzene rings is 3. The van der Waals surface area contributed by atoms with Gasteiger partial charge in [-0.25, -0.2) is 0 Å². The van der Waals surface area contributed by atoms with Crippen LogP contribution in [-0.4, -0.2) is 24.4 Å². The van der Waals surface area contributed by atoms with Gasteiger partial charge in [0.15, 0.2) is 6.61 Å². The van der Waals surface area contributed by atoms with Crippen LogP contribution in [0.25, 0.3) is 0 Å². The lowest BCUT2D eigenvalue weighted by molar-refractivity contribution is -0.147. The van der Waals surface area contributed by atoms with E-state index >= 15 is 0 Å². The van der Waals surface area contributed by atoms with Gasteiger partial charge in [-0.3, -0.25) is 14.4 Å². The molecule has 0 saturated heterocycles. The quantitative estimate of drug-likeness (QED) is 0.243. The van der Waals surface area contributed by atoms with Crippen LogP contribution in [0, 0.1) is 6.92 Å². The third kappa shape index (κ3) is 8.86. The molecule has 3 aromatic rings. The summed E-state index contributed by atoms with van der Waals surface area (Å²) in [4.78, 5) is 36.0. The highest BCUT2D eigenvalue weighted by Crippen LogP contribution is 2.32. The van der Waals surface area contributed by atoms with Gasteiger partial charge in [-0.15, -0.1) is 0 Å². The lowest BCUT2D eigenvalue weighted by Crippen LogP contribution is -2.21. The Morgan fingerprint density at radius 1 is 0.861 bits per heavy atom. The third-order valence-corrected chi connectivity index (χ3v) is 6.27. The molecule has 0 aliphatic heterocycles. The van der Waals surface area contributed by atoms with E-state index in [-0.39, 0.29) is 25.2 Å². The van der Waals surface area contributed by atoms with Crippen LogP contribution >= 0.6 is 39.1 Å². The molecule has 0 saturated carbocycles. The van der Waals surface area contributed by atoms with Gasteiger partial charge in [-0.05, 0) is 79.6 Å². The largest absolute Gasteiger partial charge is 0.456 e. The Hall–Kier alpha value is -3.07. The van der Waals surface area contributed by atoms with Crippen LogP contribution in [0.2, 0.25) is 10.0 Å². The maximum absolute atomic E-state index is 12.2. The van der Waals surface area contributed by atoms with E-state index in [1.807, 2.05) is 13.0 Å². The van der Waals surface area contributed by atoms with Gasteiger partial charge in [0, 0.05) is 33.7 Å². The number of aryl methyl sites for hydroxylation is 1. The van der Waals surface area contributed by atoms with Crippen molar-refractivity contribution in [1.82, 2.24) is 0 Å². The summed E-state index contributed by atoms with van der Waals surface area (Å²) >= 11 is 15.4. The highest BCUT2D eigenvalue weighted by Gasteiger charge is 2.11. The van der Waals surface area contributed by atoms with Gasteiger partial charge in [-0.2, -0.15) is 0 Å². The van der Waals surface area contributed by atoms with E-state index in [4.69, 9.17) is 32.7 Å². The smallest absolute Gasteiger partial charge is 0.306 e. The molecule has 0 heterocycles. The van der Waals surface area contributed by atoms with E-state index in [0.29, 0.717) is 32.9 Å². The number of halogens is 3. The number of hydrogen-bond acceptors (Lipinski definition) is 5. The molecule has 2 amide bonds. The maximum atomic E-state index is 12.2. The number of carbonyl (C=O) groups excluding carboxylic acids is 3. The summed E-state index contributed by atoms with van der Waals surface area (Å²) in [7, 11) is 0. The van der Waals surface area contributed by atoms with Gasteiger partial charge >= 0.3 is 5.97 Å². The SMILES string of the molecule is Cc1cc(NC(=O)COC(=O)CCCC(=O)Nc2ccc(Oc3ccc(Cl)cc3Cl)cc2)ccc1Br. The molecule has 3 rings (SSSR count). The first kappa shape index (κ1) is 27.5. The number of anilines is 2. The number of nitrogens with one attached hydrogen (secondary N) is 2. The molecule has 0 fully saturated rings. The monoisotopic (exact) mass is 592 g/mol. The van der Waals surface area contributed by atoms with Crippen molar-refractivity contribution in [3.63, 3.8) is 0 Å². The zero-order valence-corrected chi connectivity index (χ0v) is 22.4. The normalized spacial score (nSPS) is 10.4. The molecule has 0 aromatic heterocycles. The van der Waals surface area contributed by atoms with Crippen LogP contribution in [0.5, 0.6) is 11.5 Å². The van der Waals surface area contributed by atoms with Crippen molar-refractivity contribution in [3.05, 3.63) is 80.7 Å². The topological polar surface area (TPSA) is 93.7 Å². The number of carbonyl (C=O) groups is 3. The summed E-state index contributed by atoms with van der Waals surface area (Å²) in [6.45, 7) is 1.51. The average Bonchev–Trinajstić information content (AvgIpc) is 2.83. The summed E-state index contributed by atoms with van der Waals surface area (Å²) in [5.74, 6) is -0.230. The minimum absolute atomic E-state index is 0.0206. The standard InChI is InChI=1S/C26H23BrCl2N2O5/c1-16-13-19(8-11-21(16)27)31-25(33)15-35-26(34)4-2-3-24(32)30-18-6-9-20(10-7-18)36-23-12-5-17(28)14-22(23)29/h5-14H,2-4,15H2,1H3,(H,30,32)(H,31,33). The van der Waals surface area contributed by atoms with E-state index < -0.39 is 18.5 Å². The van der Waals surface area contributed by atoms with Gasteiger partial charge in [0.25, 0.3) is 5.91 Å². The first-order chi connectivity index (χ1) is 17.2. The van der Waals surface area contributed by atoms with E-state index in [1.54, 1.807) is 54.6 Å². The molecule has 0 radical (unpaired) electrons. The van der Waals surface area contributed by atoms with Crippen LogP contribution in [0.3, 0.4) is 0 Å². The number of esters is 1. The van der Waals surface area contributed by atoms with Crippen molar-refractivity contribution in [2.75, 3.05) is 17.2 Å². The summed E-state index contributed by atoms with van der Waals surface area (Å²) in [6.07, 6.45) is 0.430. The Kier molecular flexibility index (Phi) is 10.2. The molecule has 188 valence electrons. The van der Waals surface area contributed by atoms with E-state index in [2.05, 4.69) is 26.6 Å². The summed E-state index contributed by atoms with van der Waals surface area (Å²) in [5.41, 5.74) is 2.16. The Morgan fingerprint density at radius 3 is 2.25 bits per heavy atom. The second-order valence-electron chi connectivity index (χ2n) is 7.78. The summed E-state index contributed by atoms with van der Waals surface area (Å²) < 4.78 is 11.6. The minimum atomic E-state index is -0.549. The Morgan fingerprint density at radius 2 is 1.56 bits per heavy atom. The van der Waals surface area contributed by atoms with Crippen LogP contribution in [-0.2, 0) is 19.1 Å². The van der Waals surface area contributed by atoms with Gasteiger partial charge in [-0.1, -0.05) is 39.1 Å². The molecule has 36 heavy (non-hydrogen) atoms. The molecule has 0 unspecified atom stereocenters. The van der Waals surface area contributed by atoms with E-state index in [0.717, 1.165) is 10.0 Å². The van der Waals surface area contributed by atoms with Gasteiger partial charge in [0.05, 0.1) is 5.02 Å². The summed E-state index contributed by atoms with van der Waals surface area (Å²) in [6, 6.07) is 17.1. The highest BCUT2D eigenvalue weighted by atomic mass is 79.9. The molecular formula is C26H23BrCl2N2O5. The molecule has 0 bridgehead atoms. The molecular weight excluding hydrogens is 571 g/mol. The van der Waals surface area contributed by atoms with E-state index in [1.165, 1.54) is 0 Å². The summed E-state index contributed by atoms with van der Waals surface area (Å²) in [5, 5.41) is 6.32. The zero-order chi connectivity index (χ0) is 26.1. The molecule has 2 N–H and O–H groups in total. The predicted molar refractivity (Wildman–Crippen MR) is 144 cm³/mol. The molecule has 3 aromatic carbocycles. The fourth-order valence-electron chi connectivity index (χ4n) is 3.05. The van der Waals surface area contributed by atoms with Gasteiger partial charge in [0.2, 0.25) is 5.91 Å². The number of hydrogen-bond donors (Lipinski definition) is 2. The first-order valence-electron chi connectivity index (χ1n) is 10.9. The number of amides is 2. The molecule has 0 aliphatic rings. The number of rotatable bonds is 10. The van der Waals surface area contributed by atoms with Crippen molar-refractivity contribution < 1.29 is 23.9 Å². The number of ether oxygens (including phenoxy) is 2. The van der Waals surface area contributed by atoms with Crippen molar-refractivity contribution in [1.29, 1.82) is 0 Å². The second kappa shape index (κ2) is 13.3. The molecule has 0 aliphatic carbocycles. The lowest BCUT2D eigenvalue weighted by atomic mass is 10.2. The van der Waals surface area contributed by atoms with Crippen molar-refractivity contribution in [2.24, 2.45) is 0 Å². The van der Waals surface area contributed by atoms with E-state index in [9.17, 15) is 14.4 Å². The average molecular weight is 594 g/mol. The first-order valence-corrected chi connectivity index (χ1v) is 12.5. The fourth-order valence-corrected chi connectivity index (χ4v) is 3.74. The van der Waals surface area contributed by atoms with Crippen molar-refractivity contribution in [3.8, 4) is 11.5 Å². The van der Waals surface area contributed by atoms with Crippen LogP contribution in [0.15, 0.2) is 65.1 Å². The van der Waals surface area contributed by atoms with Crippen molar-refractivity contribution in [2.45, 2.75) is 26.2 Å². The van der Waals surface area contributed by atoms with Crippen LogP contribution < -0.4 is 15.4 Å². The second-order valence-corrected chi connectivity index (χ2v) is 9.47. The minimum Gasteiger partial charge on any atom is -0.456 e. The van der Waals surface area contributed by atoms with Crippen LogP contribution in [0.4, 0.5) is 11.4 Å².